The van der Waals surface area contributed by atoms with E-state index in [4.69, 9.17) is 5.73 Å². The molecule has 8 heteroatoms. The molecule has 0 bridgehead atoms. The second-order valence-corrected chi connectivity index (χ2v) is 5.65. The molecule has 0 atom stereocenters. The number of ether oxygens (including phenoxy) is 1. The van der Waals surface area contributed by atoms with Crippen molar-refractivity contribution < 1.29 is 17.9 Å². The van der Waals surface area contributed by atoms with Crippen LogP contribution in [0.15, 0.2) is 28.1 Å². The summed E-state index contributed by atoms with van der Waals surface area (Å²) in [5, 5.41) is 4.86. The van der Waals surface area contributed by atoms with Crippen LogP contribution in [-0.2, 0) is 6.54 Å². The molecule has 0 unspecified atom stereocenters. The Morgan fingerprint density at radius 3 is 2.75 bits per heavy atom. The Morgan fingerprint density at radius 1 is 1.40 bits per heavy atom. The summed E-state index contributed by atoms with van der Waals surface area (Å²) in [4.78, 5) is 1.00. The van der Waals surface area contributed by atoms with E-state index in [1.807, 2.05) is 11.4 Å². The van der Waals surface area contributed by atoms with E-state index >= 15 is 0 Å². The zero-order valence-corrected chi connectivity index (χ0v) is 12.4. The second-order valence-electron chi connectivity index (χ2n) is 3.79. The molecule has 0 spiro atoms. The van der Waals surface area contributed by atoms with Crippen LogP contribution < -0.4 is 15.8 Å². The molecule has 0 aliphatic carbocycles. The van der Waals surface area contributed by atoms with E-state index in [9.17, 15) is 13.2 Å². The minimum absolute atomic E-state index is 0.122. The van der Waals surface area contributed by atoms with Gasteiger partial charge in [-0.25, -0.2) is 4.39 Å². The van der Waals surface area contributed by atoms with Gasteiger partial charge in [0.2, 0.25) is 0 Å². The number of nitrogen functional groups attached to an aromatic ring is 1. The molecule has 0 saturated heterocycles. The van der Waals surface area contributed by atoms with Crippen molar-refractivity contribution in [2.45, 2.75) is 13.2 Å². The van der Waals surface area contributed by atoms with E-state index in [-0.39, 0.29) is 5.69 Å². The highest BCUT2D eigenvalue weighted by Crippen LogP contribution is 2.31. The predicted molar refractivity (Wildman–Crippen MR) is 76.8 cm³/mol. The molecule has 20 heavy (non-hydrogen) atoms. The zero-order valence-electron chi connectivity index (χ0n) is 10.00. The van der Waals surface area contributed by atoms with Gasteiger partial charge in [-0.1, -0.05) is 0 Å². The van der Waals surface area contributed by atoms with E-state index in [1.165, 1.54) is 11.3 Å². The Morgan fingerprint density at radius 2 is 2.15 bits per heavy atom. The zero-order chi connectivity index (χ0) is 14.7. The van der Waals surface area contributed by atoms with Crippen LogP contribution in [0.5, 0.6) is 5.75 Å². The van der Waals surface area contributed by atoms with E-state index < -0.39 is 18.2 Å². The van der Waals surface area contributed by atoms with Gasteiger partial charge in [0.15, 0.2) is 11.6 Å². The lowest BCUT2D eigenvalue weighted by Gasteiger charge is -2.12. The van der Waals surface area contributed by atoms with Crippen LogP contribution in [0.3, 0.4) is 0 Å². The Balaban J connectivity index is 2.16. The number of hydrogen-bond acceptors (Lipinski definition) is 4. The highest BCUT2D eigenvalue weighted by atomic mass is 79.9. The number of rotatable bonds is 5. The standard InChI is InChI=1S/C12H10BrF3N2OS/c13-6-1-2-20-11(6)5-18-9-4-10(19-12(15)16)7(14)3-8(9)17/h1-4,12,18H,5,17H2. The average molecular weight is 367 g/mol. The number of alkyl halides is 2. The highest BCUT2D eigenvalue weighted by Gasteiger charge is 2.13. The van der Waals surface area contributed by atoms with Crippen molar-refractivity contribution in [2.75, 3.05) is 11.1 Å². The first-order valence-corrected chi connectivity index (χ1v) is 7.14. The maximum atomic E-state index is 13.4. The van der Waals surface area contributed by atoms with Gasteiger partial charge in [-0.15, -0.1) is 11.3 Å². The maximum absolute atomic E-state index is 13.4. The molecule has 1 aromatic heterocycles. The normalized spacial score (nSPS) is 10.8. The minimum atomic E-state index is -3.09. The van der Waals surface area contributed by atoms with Crippen molar-refractivity contribution in [3.05, 3.63) is 38.7 Å². The lowest BCUT2D eigenvalue weighted by Crippen LogP contribution is -2.07. The number of benzene rings is 1. The third kappa shape index (κ3) is 3.57. The molecule has 1 aromatic carbocycles. The van der Waals surface area contributed by atoms with Crippen molar-refractivity contribution in [2.24, 2.45) is 0 Å². The van der Waals surface area contributed by atoms with Gasteiger partial charge >= 0.3 is 6.61 Å². The summed E-state index contributed by atoms with van der Waals surface area (Å²) < 4.78 is 42.7. The molecular formula is C12H10BrF3N2OS. The Bertz CT molecular complexity index is 606. The number of nitrogens with one attached hydrogen (secondary N) is 1. The van der Waals surface area contributed by atoms with Gasteiger partial charge in [0, 0.05) is 21.5 Å². The number of thiophene rings is 1. The number of anilines is 2. The van der Waals surface area contributed by atoms with Gasteiger partial charge in [0.25, 0.3) is 0 Å². The number of halogens is 4. The fraction of sp³-hybridized carbons (Fsp3) is 0.167. The lowest BCUT2D eigenvalue weighted by atomic mass is 10.2. The van der Waals surface area contributed by atoms with Crippen LogP contribution in [0.4, 0.5) is 24.5 Å². The fourth-order valence-electron chi connectivity index (χ4n) is 1.53. The first-order valence-electron chi connectivity index (χ1n) is 5.47. The molecule has 3 N–H and O–H groups in total. The van der Waals surface area contributed by atoms with Crippen LogP contribution in [0.25, 0.3) is 0 Å². The van der Waals surface area contributed by atoms with Crippen molar-refractivity contribution >= 4 is 38.6 Å². The van der Waals surface area contributed by atoms with Crippen LogP contribution >= 0.6 is 27.3 Å². The monoisotopic (exact) mass is 366 g/mol. The minimum Gasteiger partial charge on any atom is -0.432 e. The summed E-state index contributed by atoms with van der Waals surface area (Å²) in [6.45, 7) is -2.66. The molecule has 2 rings (SSSR count). The lowest BCUT2D eigenvalue weighted by molar-refractivity contribution is -0.0521. The summed E-state index contributed by atoms with van der Waals surface area (Å²) in [7, 11) is 0. The number of hydrogen-bond donors (Lipinski definition) is 2. The van der Waals surface area contributed by atoms with E-state index in [1.54, 1.807) is 0 Å². The van der Waals surface area contributed by atoms with Crippen molar-refractivity contribution in [3.8, 4) is 5.75 Å². The van der Waals surface area contributed by atoms with E-state index in [0.29, 0.717) is 12.2 Å². The first kappa shape index (κ1) is 15.0. The predicted octanol–water partition coefficient (Wildman–Crippen LogP) is 4.45. The smallest absolute Gasteiger partial charge is 0.387 e. The molecule has 0 radical (unpaired) electrons. The molecule has 0 fully saturated rings. The maximum Gasteiger partial charge on any atom is 0.387 e. The van der Waals surface area contributed by atoms with Gasteiger partial charge in [0.1, 0.15) is 0 Å². The van der Waals surface area contributed by atoms with Crippen LogP contribution in [0, 0.1) is 5.82 Å². The Labute approximate surface area is 125 Å². The summed E-state index contributed by atoms with van der Waals surface area (Å²) in [5.41, 5.74) is 6.10. The van der Waals surface area contributed by atoms with Crippen molar-refractivity contribution in [3.63, 3.8) is 0 Å². The molecule has 2 aromatic rings. The van der Waals surface area contributed by atoms with Crippen LogP contribution in [0.2, 0.25) is 0 Å². The summed E-state index contributed by atoms with van der Waals surface area (Å²) in [5.74, 6) is -1.47. The van der Waals surface area contributed by atoms with Gasteiger partial charge < -0.3 is 15.8 Å². The van der Waals surface area contributed by atoms with Gasteiger partial charge in [-0.3, -0.25) is 0 Å². The van der Waals surface area contributed by atoms with Crippen molar-refractivity contribution in [1.29, 1.82) is 0 Å². The molecule has 108 valence electrons. The van der Waals surface area contributed by atoms with Gasteiger partial charge in [-0.2, -0.15) is 8.78 Å². The van der Waals surface area contributed by atoms with Gasteiger partial charge in [-0.05, 0) is 27.4 Å². The van der Waals surface area contributed by atoms with Gasteiger partial charge in [0.05, 0.1) is 17.9 Å². The third-order valence-electron chi connectivity index (χ3n) is 2.45. The third-order valence-corrected chi connectivity index (χ3v) is 4.38. The SMILES string of the molecule is Nc1cc(F)c(OC(F)F)cc1NCc1sccc1Br. The van der Waals surface area contributed by atoms with E-state index in [2.05, 4.69) is 26.0 Å². The summed E-state index contributed by atoms with van der Waals surface area (Å²) in [6.07, 6.45) is 0. The molecular weight excluding hydrogens is 357 g/mol. The summed E-state index contributed by atoms with van der Waals surface area (Å²) >= 11 is 4.89. The first-order chi connectivity index (χ1) is 9.47. The Kier molecular flexibility index (Phi) is 4.77. The molecule has 0 aliphatic heterocycles. The summed E-state index contributed by atoms with van der Waals surface area (Å²) in [6, 6.07) is 3.96. The average Bonchev–Trinajstić information content (AvgIpc) is 2.76. The second kappa shape index (κ2) is 6.36. The molecule has 0 aliphatic rings. The number of nitrogens with two attached hydrogens (primary N) is 1. The van der Waals surface area contributed by atoms with Crippen molar-refractivity contribution in [1.82, 2.24) is 0 Å². The van der Waals surface area contributed by atoms with E-state index in [0.717, 1.165) is 21.5 Å². The molecule has 1 heterocycles. The largest absolute Gasteiger partial charge is 0.432 e. The molecule has 0 amide bonds. The molecule has 0 saturated carbocycles. The quantitative estimate of drug-likeness (QED) is 0.768. The highest BCUT2D eigenvalue weighted by molar-refractivity contribution is 9.10. The molecule has 3 nitrogen and oxygen atoms in total. The van der Waals surface area contributed by atoms with Crippen LogP contribution in [0.1, 0.15) is 4.88 Å². The topological polar surface area (TPSA) is 47.3 Å². The van der Waals surface area contributed by atoms with Crippen LogP contribution in [-0.4, -0.2) is 6.61 Å². The Hall–Kier alpha value is -1.41. The fourth-order valence-corrected chi connectivity index (χ4v) is 2.97.